The average molecular weight is 195 g/mol. The van der Waals surface area contributed by atoms with Crippen molar-refractivity contribution < 1.29 is 9.42 Å². The second-order valence-corrected chi connectivity index (χ2v) is 3.77. The van der Waals surface area contributed by atoms with E-state index in [1.807, 2.05) is 0 Å². The summed E-state index contributed by atoms with van der Waals surface area (Å²) in [4.78, 5) is 13.5. The molecular formula is C9H13N3O2. The van der Waals surface area contributed by atoms with E-state index in [1.165, 1.54) is 6.20 Å². The zero-order valence-corrected chi connectivity index (χ0v) is 8.14. The second-order valence-electron chi connectivity index (χ2n) is 3.77. The number of nitrogens with zero attached hydrogens (tertiary/aromatic N) is 3. The SMILES string of the molecule is CC1CCN(C(=O)c2cnon2)CC1. The minimum absolute atomic E-state index is 0.0712. The molecule has 0 aliphatic carbocycles. The number of piperidine rings is 1. The van der Waals surface area contributed by atoms with Crippen LogP contribution in [0.1, 0.15) is 30.3 Å². The highest BCUT2D eigenvalue weighted by atomic mass is 16.6. The summed E-state index contributed by atoms with van der Waals surface area (Å²) in [6, 6.07) is 0. The third-order valence-electron chi connectivity index (χ3n) is 2.65. The van der Waals surface area contributed by atoms with Crippen molar-refractivity contribution in [3.05, 3.63) is 11.9 Å². The molecule has 1 amide bonds. The first-order valence-corrected chi connectivity index (χ1v) is 4.84. The van der Waals surface area contributed by atoms with Gasteiger partial charge in [-0.05, 0) is 23.9 Å². The van der Waals surface area contributed by atoms with Crippen molar-refractivity contribution in [2.24, 2.45) is 5.92 Å². The summed E-state index contributed by atoms with van der Waals surface area (Å²) >= 11 is 0. The molecule has 5 nitrogen and oxygen atoms in total. The molecule has 0 spiro atoms. The Balaban J connectivity index is 1.99. The number of aromatic nitrogens is 2. The zero-order chi connectivity index (χ0) is 9.97. The fourth-order valence-electron chi connectivity index (χ4n) is 1.63. The fourth-order valence-corrected chi connectivity index (χ4v) is 1.63. The Labute approximate surface area is 82.0 Å². The number of carbonyl (C=O) groups excluding carboxylic acids is 1. The third-order valence-corrected chi connectivity index (χ3v) is 2.65. The lowest BCUT2D eigenvalue weighted by atomic mass is 9.99. The first kappa shape index (κ1) is 9.18. The molecule has 1 aliphatic rings. The summed E-state index contributed by atoms with van der Waals surface area (Å²) < 4.78 is 4.40. The molecule has 5 heteroatoms. The molecule has 0 radical (unpaired) electrons. The second kappa shape index (κ2) is 3.77. The monoisotopic (exact) mass is 195 g/mol. The van der Waals surface area contributed by atoms with Crippen LogP contribution in [0.25, 0.3) is 0 Å². The van der Waals surface area contributed by atoms with E-state index in [9.17, 15) is 4.79 Å². The molecule has 0 bridgehead atoms. The lowest BCUT2D eigenvalue weighted by Gasteiger charge is -2.29. The van der Waals surface area contributed by atoms with Gasteiger partial charge >= 0.3 is 0 Å². The van der Waals surface area contributed by atoms with Gasteiger partial charge in [0, 0.05) is 13.1 Å². The summed E-state index contributed by atoms with van der Waals surface area (Å²) in [5.74, 6) is 0.646. The molecular weight excluding hydrogens is 182 g/mol. The largest absolute Gasteiger partial charge is 0.337 e. The van der Waals surface area contributed by atoms with Crippen molar-refractivity contribution in [1.82, 2.24) is 15.2 Å². The van der Waals surface area contributed by atoms with Gasteiger partial charge in [-0.2, -0.15) is 0 Å². The van der Waals surface area contributed by atoms with Gasteiger partial charge in [0.1, 0.15) is 6.20 Å². The van der Waals surface area contributed by atoms with Gasteiger partial charge in [-0.1, -0.05) is 12.1 Å². The molecule has 1 aromatic heterocycles. The van der Waals surface area contributed by atoms with Crippen LogP contribution in [0.2, 0.25) is 0 Å². The van der Waals surface area contributed by atoms with Crippen LogP contribution < -0.4 is 0 Å². The Morgan fingerprint density at radius 3 is 2.86 bits per heavy atom. The van der Waals surface area contributed by atoms with Crippen LogP contribution in [0, 0.1) is 5.92 Å². The molecule has 1 aliphatic heterocycles. The Bertz CT molecular complexity index is 302. The van der Waals surface area contributed by atoms with Crippen LogP contribution >= 0.6 is 0 Å². The van der Waals surface area contributed by atoms with E-state index in [-0.39, 0.29) is 5.91 Å². The Kier molecular flexibility index (Phi) is 2.47. The lowest BCUT2D eigenvalue weighted by Crippen LogP contribution is -2.38. The molecule has 0 aromatic carbocycles. The molecule has 0 saturated carbocycles. The maximum Gasteiger partial charge on any atom is 0.277 e. The predicted molar refractivity (Wildman–Crippen MR) is 48.6 cm³/mol. The fraction of sp³-hybridized carbons (Fsp3) is 0.667. The number of likely N-dealkylation sites (tertiary alicyclic amines) is 1. The highest BCUT2D eigenvalue weighted by Gasteiger charge is 2.23. The van der Waals surface area contributed by atoms with E-state index < -0.39 is 0 Å². The van der Waals surface area contributed by atoms with E-state index in [4.69, 9.17) is 0 Å². The van der Waals surface area contributed by atoms with Gasteiger partial charge in [-0.3, -0.25) is 4.79 Å². The minimum atomic E-state index is -0.0712. The molecule has 2 heterocycles. The van der Waals surface area contributed by atoms with Crippen LogP contribution in [0.15, 0.2) is 10.8 Å². The Morgan fingerprint density at radius 1 is 1.57 bits per heavy atom. The summed E-state index contributed by atoms with van der Waals surface area (Å²) in [7, 11) is 0. The number of hydrogen-bond donors (Lipinski definition) is 0. The van der Waals surface area contributed by atoms with Crippen LogP contribution in [0.5, 0.6) is 0 Å². The maximum atomic E-state index is 11.7. The van der Waals surface area contributed by atoms with Crippen LogP contribution in [-0.2, 0) is 0 Å². The van der Waals surface area contributed by atoms with Crippen molar-refractivity contribution in [1.29, 1.82) is 0 Å². The first-order chi connectivity index (χ1) is 6.77. The smallest absolute Gasteiger partial charge is 0.277 e. The normalized spacial score (nSPS) is 18.5. The topological polar surface area (TPSA) is 59.2 Å². The van der Waals surface area contributed by atoms with Crippen molar-refractivity contribution >= 4 is 5.91 Å². The van der Waals surface area contributed by atoms with Gasteiger partial charge in [-0.15, -0.1) is 0 Å². The molecule has 76 valence electrons. The number of hydrogen-bond acceptors (Lipinski definition) is 4. The van der Waals surface area contributed by atoms with E-state index in [0.29, 0.717) is 5.69 Å². The van der Waals surface area contributed by atoms with Gasteiger partial charge in [0.15, 0.2) is 5.69 Å². The standard InChI is InChI=1S/C9H13N3O2/c1-7-2-4-12(5-3-7)9(13)8-6-10-14-11-8/h6-7H,2-5H2,1H3. The molecule has 1 fully saturated rings. The van der Waals surface area contributed by atoms with Crippen molar-refractivity contribution in [3.8, 4) is 0 Å². The maximum absolute atomic E-state index is 11.7. The predicted octanol–water partition coefficient (Wildman–Crippen LogP) is 0.942. The van der Waals surface area contributed by atoms with Gasteiger partial charge in [-0.25, -0.2) is 4.63 Å². The van der Waals surface area contributed by atoms with Crippen molar-refractivity contribution in [2.75, 3.05) is 13.1 Å². The lowest BCUT2D eigenvalue weighted by molar-refractivity contribution is 0.0686. The van der Waals surface area contributed by atoms with E-state index in [0.717, 1.165) is 31.8 Å². The molecule has 0 unspecified atom stereocenters. The Morgan fingerprint density at radius 2 is 2.29 bits per heavy atom. The number of rotatable bonds is 1. The molecule has 14 heavy (non-hydrogen) atoms. The molecule has 1 saturated heterocycles. The quantitative estimate of drug-likeness (QED) is 0.669. The number of carbonyl (C=O) groups is 1. The van der Waals surface area contributed by atoms with Crippen LogP contribution in [-0.4, -0.2) is 34.2 Å². The first-order valence-electron chi connectivity index (χ1n) is 4.84. The van der Waals surface area contributed by atoms with E-state index in [2.05, 4.69) is 21.9 Å². The zero-order valence-electron chi connectivity index (χ0n) is 8.14. The van der Waals surface area contributed by atoms with Crippen LogP contribution in [0.3, 0.4) is 0 Å². The van der Waals surface area contributed by atoms with E-state index in [1.54, 1.807) is 4.90 Å². The average Bonchev–Trinajstić information content (AvgIpc) is 2.71. The molecule has 1 aromatic rings. The summed E-state index contributed by atoms with van der Waals surface area (Å²) in [5, 5.41) is 6.95. The van der Waals surface area contributed by atoms with Crippen molar-refractivity contribution in [2.45, 2.75) is 19.8 Å². The van der Waals surface area contributed by atoms with Gasteiger partial charge in [0.2, 0.25) is 0 Å². The van der Waals surface area contributed by atoms with E-state index >= 15 is 0 Å². The molecule has 2 rings (SSSR count). The highest BCUT2D eigenvalue weighted by molar-refractivity contribution is 5.91. The van der Waals surface area contributed by atoms with Gasteiger partial charge in [0.25, 0.3) is 5.91 Å². The summed E-state index contributed by atoms with van der Waals surface area (Å²) in [6.07, 6.45) is 3.49. The van der Waals surface area contributed by atoms with Crippen molar-refractivity contribution in [3.63, 3.8) is 0 Å². The molecule has 0 N–H and O–H groups in total. The summed E-state index contributed by atoms with van der Waals surface area (Å²) in [6.45, 7) is 3.83. The Hall–Kier alpha value is -1.39. The van der Waals surface area contributed by atoms with Gasteiger partial charge < -0.3 is 4.90 Å². The van der Waals surface area contributed by atoms with Gasteiger partial charge in [0.05, 0.1) is 0 Å². The summed E-state index contributed by atoms with van der Waals surface area (Å²) in [5.41, 5.74) is 0.305. The highest BCUT2D eigenvalue weighted by Crippen LogP contribution is 2.17. The third kappa shape index (κ3) is 1.76. The number of amides is 1. The minimum Gasteiger partial charge on any atom is -0.337 e. The molecule has 0 atom stereocenters. The van der Waals surface area contributed by atoms with Crippen LogP contribution in [0.4, 0.5) is 0 Å².